The van der Waals surface area contributed by atoms with Gasteiger partial charge in [-0.05, 0) is 51.8 Å². The van der Waals surface area contributed by atoms with Crippen LogP contribution in [-0.4, -0.2) is 36.0 Å². The SMILES string of the molecule is CCc1ccc(N(C)CC2C(O)C(C)(C)OC2(C)C)cc1. The van der Waals surface area contributed by atoms with Gasteiger partial charge in [0.1, 0.15) is 0 Å². The van der Waals surface area contributed by atoms with Gasteiger partial charge in [-0.25, -0.2) is 0 Å². The van der Waals surface area contributed by atoms with Gasteiger partial charge >= 0.3 is 0 Å². The van der Waals surface area contributed by atoms with Crippen LogP contribution in [0.25, 0.3) is 0 Å². The summed E-state index contributed by atoms with van der Waals surface area (Å²) in [5, 5.41) is 10.6. The maximum Gasteiger partial charge on any atom is 0.0897 e. The molecule has 1 saturated heterocycles. The largest absolute Gasteiger partial charge is 0.390 e. The molecule has 0 saturated carbocycles. The van der Waals surface area contributed by atoms with Crippen LogP contribution in [0.4, 0.5) is 5.69 Å². The summed E-state index contributed by atoms with van der Waals surface area (Å²) >= 11 is 0. The van der Waals surface area contributed by atoms with E-state index >= 15 is 0 Å². The molecule has 1 fully saturated rings. The fraction of sp³-hybridized carbons (Fsp3) is 0.667. The second-order valence-corrected chi connectivity index (χ2v) is 7.26. The topological polar surface area (TPSA) is 32.7 Å². The Morgan fingerprint density at radius 2 is 1.67 bits per heavy atom. The van der Waals surface area contributed by atoms with E-state index in [-0.39, 0.29) is 11.5 Å². The maximum absolute atomic E-state index is 10.6. The van der Waals surface area contributed by atoms with Crippen molar-refractivity contribution in [3.05, 3.63) is 29.8 Å². The van der Waals surface area contributed by atoms with Crippen LogP contribution in [0.15, 0.2) is 24.3 Å². The molecule has 0 amide bonds. The number of hydrogen-bond acceptors (Lipinski definition) is 3. The first kappa shape index (κ1) is 16.3. The lowest BCUT2D eigenvalue weighted by Crippen LogP contribution is -2.42. The smallest absolute Gasteiger partial charge is 0.0897 e. The second-order valence-electron chi connectivity index (χ2n) is 7.26. The summed E-state index contributed by atoms with van der Waals surface area (Å²) in [5.74, 6) is 0.0864. The molecule has 2 unspecified atom stereocenters. The summed E-state index contributed by atoms with van der Waals surface area (Å²) in [4.78, 5) is 2.21. The van der Waals surface area contributed by atoms with Crippen LogP contribution in [0.1, 0.15) is 40.2 Å². The lowest BCUT2D eigenvalue weighted by Gasteiger charge is -2.31. The van der Waals surface area contributed by atoms with Crippen molar-refractivity contribution in [2.45, 2.75) is 58.3 Å². The molecule has 2 atom stereocenters. The summed E-state index contributed by atoms with van der Waals surface area (Å²) in [7, 11) is 2.08. The van der Waals surface area contributed by atoms with Crippen LogP contribution in [0.5, 0.6) is 0 Å². The Bertz CT molecular complexity index is 478. The van der Waals surface area contributed by atoms with Crippen molar-refractivity contribution in [1.29, 1.82) is 0 Å². The minimum Gasteiger partial charge on any atom is -0.390 e. The highest BCUT2D eigenvalue weighted by atomic mass is 16.5. The van der Waals surface area contributed by atoms with Crippen LogP contribution in [-0.2, 0) is 11.2 Å². The number of anilines is 1. The van der Waals surface area contributed by atoms with Crippen LogP contribution < -0.4 is 4.90 Å². The molecule has 2 rings (SSSR count). The normalized spacial score (nSPS) is 26.8. The van der Waals surface area contributed by atoms with Gasteiger partial charge in [-0.15, -0.1) is 0 Å². The summed E-state index contributed by atoms with van der Waals surface area (Å²) in [6.07, 6.45) is 0.602. The van der Waals surface area contributed by atoms with Gasteiger partial charge in [0.25, 0.3) is 0 Å². The average molecular weight is 291 g/mol. The van der Waals surface area contributed by atoms with Crippen LogP contribution in [0.2, 0.25) is 0 Å². The maximum atomic E-state index is 10.6. The van der Waals surface area contributed by atoms with Gasteiger partial charge in [-0.1, -0.05) is 19.1 Å². The number of aliphatic hydroxyl groups excluding tert-OH is 1. The Kier molecular flexibility index (Phi) is 4.36. The highest BCUT2D eigenvalue weighted by Crippen LogP contribution is 2.42. The molecule has 1 aliphatic heterocycles. The predicted molar refractivity (Wildman–Crippen MR) is 87.8 cm³/mol. The lowest BCUT2D eigenvalue weighted by atomic mass is 9.84. The number of rotatable bonds is 4. The van der Waals surface area contributed by atoms with Crippen molar-refractivity contribution in [3.8, 4) is 0 Å². The number of hydrogen-bond donors (Lipinski definition) is 1. The van der Waals surface area contributed by atoms with Gasteiger partial charge in [0.2, 0.25) is 0 Å². The second kappa shape index (κ2) is 5.62. The molecular formula is C18H29NO2. The molecule has 1 heterocycles. The third kappa shape index (κ3) is 3.24. The van der Waals surface area contributed by atoms with Gasteiger partial charge in [-0.2, -0.15) is 0 Å². The monoisotopic (exact) mass is 291 g/mol. The highest BCUT2D eigenvalue weighted by Gasteiger charge is 2.53. The van der Waals surface area contributed by atoms with E-state index in [1.807, 2.05) is 13.8 Å². The summed E-state index contributed by atoms with van der Waals surface area (Å²) in [5.41, 5.74) is 1.72. The van der Waals surface area contributed by atoms with Crippen molar-refractivity contribution in [2.75, 3.05) is 18.5 Å². The number of benzene rings is 1. The molecule has 1 aromatic rings. The summed E-state index contributed by atoms with van der Waals surface area (Å²) in [6.45, 7) is 11.0. The molecule has 0 spiro atoms. The fourth-order valence-corrected chi connectivity index (χ4v) is 3.38. The molecule has 0 bridgehead atoms. The van der Waals surface area contributed by atoms with Crippen molar-refractivity contribution in [2.24, 2.45) is 5.92 Å². The van der Waals surface area contributed by atoms with E-state index in [9.17, 15) is 5.11 Å². The van der Waals surface area contributed by atoms with E-state index < -0.39 is 11.7 Å². The highest BCUT2D eigenvalue weighted by molar-refractivity contribution is 5.47. The quantitative estimate of drug-likeness (QED) is 0.924. The zero-order valence-corrected chi connectivity index (χ0v) is 14.2. The van der Waals surface area contributed by atoms with Crippen molar-refractivity contribution >= 4 is 5.69 Å². The molecule has 0 aliphatic carbocycles. The number of aliphatic hydroxyl groups is 1. The Labute approximate surface area is 128 Å². The summed E-state index contributed by atoms with van der Waals surface area (Å²) < 4.78 is 6.06. The Morgan fingerprint density at radius 1 is 1.10 bits per heavy atom. The van der Waals surface area contributed by atoms with Gasteiger partial charge < -0.3 is 14.7 Å². The Morgan fingerprint density at radius 3 is 2.10 bits per heavy atom. The van der Waals surface area contributed by atoms with Gasteiger partial charge in [0.15, 0.2) is 0 Å². The van der Waals surface area contributed by atoms with Crippen LogP contribution in [0.3, 0.4) is 0 Å². The van der Waals surface area contributed by atoms with E-state index in [0.29, 0.717) is 0 Å². The molecule has 1 aromatic carbocycles. The fourth-order valence-electron chi connectivity index (χ4n) is 3.38. The van der Waals surface area contributed by atoms with E-state index in [1.54, 1.807) is 0 Å². The van der Waals surface area contributed by atoms with Crippen molar-refractivity contribution < 1.29 is 9.84 Å². The van der Waals surface area contributed by atoms with E-state index in [1.165, 1.54) is 11.3 Å². The molecule has 0 aromatic heterocycles. The lowest BCUT2D eigenvalue weighted by molar-refractivity contribution is -0.0906. The molecule has 118 valence electrons. The molecule has 0 radical (unpaired) electrons. The molecule has 3 nitrogen and oxygen atoms in total. The zero-order valence-electron chi connectivity index (χ0n) is 14.2. The van der Waals surface area contributed by atoms with Gasteiger partial charge in [0.05, 0.1) is 17.3 Å². The number of ether oxygens (including phenoxy) is 1. The van der Waals surface area contributed by atoms with Crippen LogP contribution >= 0.6 is 0 Å². The molecule has 3 heteroatoms. The van der Waals surface area contributed by atoms with Crippen molar-refractivity contribution in [1.82, 2.24) is 0 Å². The summed E-state index contributed by atoms with van der Waals surface area (Å²) in [6, 6.07) is 8.64. The first-order chi connectivity index (χ1) is 9.67. The molecular weight excluding hydrogens is 262 g/mol. The standard InChI is InChI=1S/C18H29NO2/c1-7-13-8-10-14(11-9-13)19(6)12-15-16(20)18(4,5)21-17(15,2)3/h8-11,15-16,20H,7,12H2,1-6H3. The number of aryl methyl sites for hydroxylation is 1. The average Bonchev–Trinajstić information content (AvgIpc) is 2.57. The molecule has 1 aliphatic rings. The first-order valence-corrected chi connectivity index (χ1v) is 7.85. The van der Waals surface area contributed by atoms with E-state index in [0.717, 1.165) is 13.0 Å². The van der Waals surface area contributed by atoms with Gasteiger partial charge in [-0.3, -0.25) is 0 Å². The van der Waals surface area contributed by atoms with Crippen molar-refractivity contribution in [3.63, 3.8) is 0 Å². The van der Waals surface area contributed by atoms with E-state index in [2.05, 4.69) is 57.0 Å². The molecule has 21 heavy (non-hydrogen) atoms. The molecule has 1 N–H and O–H groups in total. The Balaban J connectivity index is 2.12. The third-order valence-electron chi connectivity index (χ3n) is 4.77. The predicted octanol–water partition coefficient (Wildman–Crippen LogP) is 3.25. The van der Waals surface area contributed by atoms with Crippen LogP contribution in [0, 0.1) is 5.92 Å². The minimum atomic E-state index is -0.485. The van der Waals surface area contributed by atoms with Gasteiger partial charge in [0, 0.05) is 25.2 Å². The third-order valence-corrected chi connectivity index (χ3v) is 4.77. The Hall–Kier alpha value is -1.06. The minimum absolute atomic E-state index is 0.0864. The van der Waals surface area contributed by atoms with E-state index in [4.69, 9.17) is 4.74 Å². The zero-order chi connectivity index (χ0) is 15.8. The number of nitrogens with zero attached hydrogens (tertiary/aromatic N) is 1. The first-order valence-electron chi connectivity index (χ1n) is 7.85.